The van der Waals surface area contributed by atoms with E-state index >= 15 is 0 Å². The molecule has 23 heavy (non-hydrogen) atoms. The summed E-state index contributed by atoms with van der Waals surface area (Å²) in [5.41, 5.74) is -0.313. The molecule has 0 aliphatic carbocycles. The zero-order valence-corrected chi connectivity index (χ0v) is 12.5. The van der Waals surface area contributed by atoms with Gasteiger partial charge in [-0.25, -0.2) is 0 Å². The first-order valence-corrected chi connectivity index (χ1v) is 7.46. The molecule has 0 spiro atoms. The van der Waals surface area contributed by atoms with E-state index in [9.17, 15) is 14.7 Å². The summed E-state index contributed by atoms with van der Waals surface area (Å²) in [6.45, 7) is 1.29. The Kier molecular flexibility index (Phi) is 4.22. The SMILES string of the molecule is O=C(c1n[nH]n(N=Cc2ccccc2O)c1=O)N1CCCCC1. The van der Waals surface area contributed by atoms with Gasteiger partial charge in [-0.2, -0.15) is 10.3 Å². The monoisotopic (exact) mass is 315 g/mol. The third-order valence-corrected chi connectivity index (χ3v) is 3.75. The molecule has 1 amide bonds. The number of phenolic OH excluding ortho intramolecular Hbond substituents is 1. The molecule has 2 heterocycles. The fourth-order valence-electron chi connectivity index (χ4n) is 2.47. The lowest BCUT2D eigenvalue weighted by Crippen LogP contribution is -2.38. The Morgan fingerprint density at radius 1 is 1.26 bits per heavy atom. The number of amides is 1. The quantitative estimate of drug-likeness (QED) is 0.817. The van der Waals surface area contributed by atoms with E-state index in [4.69, 9.17) is 0 Å². The van der Waals surface area contributed by atoms with E-state index in [1.807, 2.05) is 0 Å². The average molecular weight is 315 g/mol. The molecule has 3 rings (SSSR count). The van der Waals surface area contributed by atoms with E-state index in [-0.39, 0.29) is 17.4 Å². The van der Waals surface area contributed by atoms with Crippen molar-refractivity contribution in [1.29, 1.82) is 0 Å². The summed E-state index contributed by atoms with van der Waals surface area (Å²) in [7, 11) is 0. The normalized spacial score (nSPS) is 15.2. The maximum absolute atomic E-state index is 12.3. The number of para-hydroxylation sites is 1. The second kappa shape index (κ2) is 6.47. The standard InChI is InChI=1S/C15H17N5O3/c21-12-7-3-2-6-11(12)10-16-20-15(23)13(17-18-20)14(22)19-8-4-1-5-9-19/h2-3,6-7,10,18,21H,1,4-5,8-9H2. The van der Waals surface area contributed by atoms with Crippen LogP contribution in [0.2, 0.25) is 0 Å². The number of aromatic hydroxyl groups is 1. The van der Waals surface area contributed by atoms with Crippen molar-refractivity contribution in [3.8, 4) is 5.75 Å². The van der Waals surface area contributed by atoms with Crippen LogP contribution in [0.15, 0.2) is 34.2 Å². The molecule has 2 aromatic rings. The van der Waals surface area contributed by atoms with Crippen LogP contribution in [-0.4, -0.2) is 50.3 Å². The summed E-state index contributed by atoms with van der Waals surface area (Å²) < 4.78 is 0. The predicted molar refractivity (Wildman–Crippen MR) is 83.7 cm³/mol. The Morgan fingerprint density at radius 2 is 2.00 bits per heavy atom. The summed E-state index contributed by atoms with van der Waals surface area (Å²) in [5.74, 6) is -0.323. The number of phenols is 1. The van der Waals surface area contributed by atoms with E-state index in [0.29, 0.717) is 18.7 Å². The first-order valence-electron chi connectivity index (χ1n) is 7.46. The lowest BCUT2D eigenvalue weighted by atomic mass is 10.1. The van der Waals surface area contributed by atoms with Gasteiger partial charge in [0.25, 0.3) is 5.91 Å². The van der Waals surface area contributed by atoms with E-state index in [2.05, 4.69) is 15.4 Å². The number of likely N-dealkylation sites (tertiary alicyclic amines) is 1. The molecule has 1 fully saturated rings. The van der Waals surface area contributed by atoms with Crippen molar-refractivity contribution in [2.75, 3.05) is 13.1 Å². The largest absolute Gasteiger partial charge is 0.507 e. The number of carbonyl (C=O) groups excluding carboxylic acids is 1. The zero-order chi connectivity index (χ0) is 16.2. The molecular formula is C15H17N5O3. The lowest BCUT2D eigenvalue weighted by Gasteiger charge is -2.25. The molecule has 120 valence electrons. The Labute approximate surface area is 132 Å². The van der Waals surface area contributed by atoms with Crippen molar-refractivity contribution in [2.24, 2.45) is 5.10 Å². The lowest BCUT2D eigenvalue weighted by molar-refractivity contribution is 0.0717. The van der Waals surface area contributed by atoms with Crippen molar-refractivity contribution in [3.05, 3.63) is 45.9 Å². The Morgan fingerprint density at radius 3 is 2.74 bits per heavy atom. The second-order valence-corrected chi connectivity index (χ2v) is 5.33. The molecule has 8 heteroatoms. The Bertz CT molecular complexity index is 786. The minimum atomic E-state index is -0.604. The fraction of sp³-hybridized carbons (Fsp3) is 0.333. The van der Waals surface area contributed by atoms with Gasteiger partial charge in [-0.05, 0) is 31.4 Å². The van der Waals surface area contributed by atoms with E-state index in [0.717, 1.165) is 24.1 Å². The molecule has 0 atom stereocenters. The van der Waals surface area contributed by atoms with Crippen LogP contribution in [0.1, 0.15) is 35.3 Å². The molecule has 0 bridgehead atoms. The smallest absolute Gasteiger partial charge is 0.320 e. The van der Waals surface area contributed by atoms with Crippen LogP contribution in [0, 0.1) is 0 Å². The minimum absolute atomic E-state index is 0.0495. The number of H-pyrrole nitrogens is 1. The van der Waals surface area contributed by atoms with Crippen molar-refractivity contribution < 1.29 is 9.90 Å². The fourth-order valence-corrected chi connectivity index (χ4v) is 2.47. The van der Waals surface area contributed by atoms with Crippen LogP contribution < -0.4 is 5.56 Å². The molecule has 0 radical (unpaired) electrons. The summed E-state index contributed by atoms with van der Waals surface area (Å²) in [6, 6.07) is 6.59. The number of rotatable bonds is 3. The number of hydrogen-bond donors (Lipinski definition) is 2. The highest BCUT2D eigenvalue weighted by Gasteiger charge is 2.24. The first kappa shape index (κ1) is 15.0. The molecular weight excluding hydrogens is 298 g/mol. The van der Waals surface area contributed by atoms with Gasteiger partial charge < -0.3 is 10.0 Å². The number of aromatic amines is 1. The van der Waals surface area contributed by atoms with Crippen LogP contribution in [-0.2, 0) is 0 Å². The first-order chi connectivity index (χ1) is 11.2. The molecule has 2 N–H and O–H groups in total. The molecule has 8 nitrogen and oxygen atoms in total. The van der Waals surface area contributed by atoms with Gasteiger partial charge in [0.1, 0.15) is 5.75 Å². The van der Waals surface area contributed by atoms with Gasteiger partial charge in [0.15, 0.2) is 0 Å². The van der Waals surface area contributed by atoms with Crippen molar-refractivity contribution in [3.63, 3.8) is 0 Å². The molecule has 0 saturated carbocycles. The zero-order valence-electron chi connectivity index (χ0n) is 12.5. The Hall–Kier alpha value is -2.90. The van der Waals surface area contributed by atoms with Gasteiger partial charge in [0.05, 0.1) is 6.21 Å². The summed E-state index contributed by atoms with van der Waals surface area (Å²) >= 11 is 0. The molecule has 0 unspecified atom stereocenters. The molecule has 1 aromatic heterocycles. The van der Waals surface area contributed by atoms with Gasteiger partial charge in [0, 0.05) is 18.7 Å². The van der Waals surface area contributed by atoms with Gasteiger partial charge in [-0.15, -0.1) is 9.89 Å². The van der Waals surface area contributed by atoms with Crippen molar-refractivity contribution >= 4 is 12.1 Å². The summed E-state index contributed by atoms with van der Waals surface area (Å²) in [5, 5.41) is 19.8. The van der Waals surface area contributed by atoms with Crippen LogP contribution in [0.5, 0.6) is 5.75 Å². The summed E-state index contributed by atoms with van der Waals surface area (Å²) in [6.07, 6.45) is 4.30. The molecule has 1 saturated heterocycles. The number of hydrogen-bond acceptors (Lipinski definition) is 5. The molecule has 1 aliphatic rings. The van der Waals surface area contributed by atoms with Crippen molar-refractivity contribution in [2.45, 2.75) is 19.3 Å². The number of benzene rings is 1. The minimum Gasteiger partial charge on any atom is -0.507 e. The second-order valence-electron chi connectivity index (χ2n) is 5.33. The maximum atomic E-state index is 12.3. The van der Waals surface area contributed by atoms with Crippen LogP contribution in [0.3, 0.4) is 0 Å². The average Bonchev–Trinajstić information content (AvgIpc) is 2.95. The topological polar surface area (TPSA) is 104 Å². The number of piperidine rings is 1. The number of nitrogens with one attached hydrogen (secondary N) is 1. The van der Waals surface area contributed by atoms with Crippen LogP contribution in [0.25, 0.3) is 0 Å². The third-order valence-electron chi connectivity index (χ3n) is 3.75. The number of aromatic nitrogens is 3. The van der Waals surface area contributed by atoms with Crippen LogP contribution in [0.4, 0.5) is 0 Å². The molecule has 1 aliphatic heterocycles. The number of nitrogens with zero attached hydrogens (tertiary/aromatic N) is 4. The van der Waals surface area contributed by atoms with Gasteiger partial charge in [0.2, 0.25) is 5.69 Å². The highest BCUT2D eigenvalue weighted by atomic mass is 16.3. The third kappa shape index (κ3) is 3.15. The van der Waals surface area contributed by atoms with E-state index in [1.54, 1.807) is 23.1 Å². The van der Waals surface area contributed by atoms with E-state index < -0.39 is 5.56 Å². The van der Waals surface area contributed by atoms with E-state index in [1.165, 1.54) is 12.3 Å². The molecule has 1 aromatic carbocycles. The highest BCUT2D eigenvalue weighted by Crippen LogP contribution is 2.13. The summed E-state index contributed by atoms with van der Waals surface area (Å²) in [4.78, 5) is 27.0. The van der Waals surface area contributed by atoms with Crippen molar-refractivity contribution in [1.82, 2.24) is 20.0 Å². The maximum Gasteiger partial charge on any atom is 0.320 e. The van der Waals surface area contributed by atoms with Gasteiger partial charge in [-0.1, -0.05) is 12.1 Å². The highest BCUT2D eigenvalue weighted by molar-refractivity contribution is 5.92. The predicted octanol–water partition coefficient (Wildman–Crippen LogP) is 0.785. The Balaban J connectivity index is 1.81. The number of carbonyl (C=O) groups is 1. The van der Waals surface area contributed by atoms with Crippen LogP contribution >= 0.6 is 0 Å². The van der Waals surface area contributed by atoms with Gasteiger partial charge >= 0.3 is 5.56 Å². The van der Waals surface area contributed by atoms with Gasteiger partial charge in [-0.3, -0.25) is 9.59 Å².